The van der Waals surface area contributed by atoms with Gasteiger partial charge in [0.2, 0.25) is 5.91 Å². The van der Waals surface area contributed by atoms with Crippen molar-refractivity contribution in [1.29, 1.82) is 0 Å². The SMILES string of the molecule is CN[C@@H](CS)CN(C)[C@@H](C)CN(C)[C@@H](C)C(=O)N[C@@H](C)C(=O)OC. The van der Waals surface area contributed by atoms with Crippen molar-refractivity contribution in [3.63, 3.8) is 0 Å². The average Bonchev–Trinajstić information content (AvgIpc) is 2.57. The molecule has 0 fully saturated rings. The highest BCUT2D eigenvalue weighted by Gasteiger charge is 2.24. The molecule has 24 heavy (non-hydrogen) atoms. The topological polar surface area (TPSA) is 73.9 Å². The van der Waals surface area contributed by atoms with Gasteiger partial charge in [-0.3, -0.25) is 9.69 Å². The number of methoxy groups -OCH3 is 1. The molecule has 2 N–H and O–H groups in total. The summed E-state index contributed by atoms with van der Waals surface area (Å²) in [6.45, 7) is 7.19. The van der Waals surface area contributed by atoms with Crippen LogP contribution in [-0.4, -0.2) is 92.9 Å². The second-order valence-electron chi connectivity index (χ2n) is 6.33. The lowest BCUT2D eigenvalue weighted by atomic mass is 10.2. The number of nitrogens with zero attached hydrogens (tertiary/aromatic N) is 2. The van der Waals surface area contributed by atoms with Crippen LogP contribution in [0.3, 0.4) is 0 Å². The Morgan fingerprint density at radius 2 is 1.71 bits per heavy atom. The summed E-state index contributed by atoms with van der Waals surface area (Å²) in [5.74, 6) is 0.137. The highest BCUT2D eigenvalue weighted by molar-refractivity contribution is 7.80. The van der Waals surface area contributed by atoms with Crippen LogP contribution in [0, 0.1) is 0 Å². The third-order valence-corrected chi connectivity index (χ3v) is 4.84. The first-order valence-electron chi connectivity index (χ1n) is 8.24. The van der Waals surface area contributed by atoms with Crippen LogP contribution in [0.5, 0.6) is 0 Å². The zero-order chi connectivity index (χ0) is 18.9. The van der Waals surface area contributed by atoms with Gasteiger partial charge >= 0.3 is 5.97 Å². The van der Waals surface area contributed by atoms with E-state index >= 15 is 0 Å². The zero-order valence-corrected chi connectivity index (χ0v) is 16.9. The molecule has 7 nitrogen and oxygen atoms in total. The smallest absolute Gasteiger partial charge is 0.328 e. The minimum atomic E-state index is -0.648. The molecule has 0 aliphatic rings. The molecule has 8 heteroatoms. The van der Waals surface area contributed by atoms with E-state index in [9.17, 15) is 9.59 Å². The number of nitrogens with one attached hydrogen (secondary N) is 2. The van der Waals surface area contributed by atoms with Gasteiger partial charge in [0.05, 0.1) is 13.2 Å². The first kappa shape index (κ1) is 23.2. The second kappa shape index (κ2) is 11.7. The van der Waals surface area contributed by atoms with Crippen LogP contribution in [0.2, 0.25) is 0 Å². The highest BCUT2D eigenvalue weighted by Crippen LogP contribution is 2.05. The van der Waals surface area contributed by atoms with Crippen LogP contribution in [0.4, 0.5) is 0 Å². The van der Waals surface area contributed by atoms with Crippen molar-refractivity contribution < 1.29 is 14.3 Å². The van der Waals surface area contributed by atoms with E-state index in [2.05, 4.69) is 46.9 Å². The first-order valence-corrected chi connectivity index (χ1v) is 8.87. The molecule has 0 aromatic rings. The maximum atomic E-state index is 12.2. The van der Waals surface area contributed by atoms with Gasteiger partial charge in [0.25, 0.3) is 0 Å². The number of rotatable bonds is 11. The van der Waals surface area contributed by atoms with Gasteiger partial charge in [-0.2, -0.15) is 12.6 Å². The zero-order valence-electron chi connectivity index (χ0n) is 16.0. The lowest BCUT2D eigenvalue weighted by molar-refractivity contribution is -0.145. The predicted molar refractivity (Wildman–Crippen MR) is 101 cm³/mol. The van der Waals surface area contributed by atoms with Crippen LogP contribution < -0.4 is 10.6 Å². The number of esters is 1. The van der Waals surface area contributed by atoms with Gasteiger partial charge < -0.3 is 20.3 Å². The molecule has 0 rings (SSSR count). The Morgan fingerprint density at radius 1 is 1.12 bits per heavy atom. The summed E-state index contributed by atoms with van der Waals surface area (Å²) in [7, 11) is 7.21. The predicted octanol–water partition coefficient (Wildman–Crippen LogP) is -0.177. The molecular formula is C16H34N4O3S. The quantitative estimate of drug-likeness (QED) is 0.350. The summed E-state index contributed by atoms with van der Waals surface area (Å²) in [5, 5.41) is 5.91. The Bertz CT molecular complexity index is 394. The monoisotopic (exact) mass is 362 g/mol. The molecule has 0 saturated heterocycles. The molecule has 0 saturated carbocycles. The number of hydrogen-bond acceptors (Lipinski definition) is 7. The summed E-state index contributed by atoms with van der Waals surface area (Å²) >= 11 is 4.33. The molecule has 0 heterocycles. The molecular weight excluding hydrogens is 328 g/mol. The Hall–Kier alpha value is -0.830. The van der Waals surface area contributed by atoms with Crippen molar-refractivity contribution in [1.82, 2.24) is 20.4 Å². The molecule has 0 unspecified atom stereocenters. The normalized spacial score (nSPS) is 16.6. The van der Waals surface area contributed by atoms with Crippen LogP contribution in [-0.2, 0) is 14.3 Å². The average molecular weight is 363 g/mol. The lowest BCUT2D eigenvalue weighted by Crippen LogP contribution is -2.52. The third-order valence-electron chi connectivity index (χ3n) is 4.40. The third kappa shape index (κ3) is 7.83. The minimum absolute atomic E-state index is 0.186. The van der Waals surface area contributed by atoms with Gasteiger partial charge in [0.1, 0.15) is 6.04 Å². The van der Waals surface area contributed by atoms with E-state index in [-0.39, 0.29) is 18.0 Å². The number of hydrogen-bond donors (Lipinski definition) is 3. The summed E-state index contributed by atoms with van der Waals surface area (Å²) in [6.07, 6.45) is 0. The Kier molecular flexibility index (Phi) is 11.3. The number of ether oxygens (including phenoxy) is 1. The maximum Gasteiger partial charge on any atom is 0.328 e. The van der Waals surface area contributed by atoms with Crippen LogP contribution in [0.25, 0.3) is 0 Å². The molecule has 0 aliphatic heterocycles. The molecule has 0 aromatic heterocycles. The van der Waals surface area contributed by atoms with Crippen molar-refractivity contribution in [2.45, 2.75) is 44.9 Å². The van der Waals surface area contributed by atoms with Crippen molar-refractivity contribution in [2.75, 3.05) is 47.1 Å². The summed E-state index contributed by atoms with van der Waals surface area (Å²) < 4.78 is 4.62. The van der Waals surface area contributed by atoms with Crippen LogP contribution in [0.15, 0.2) is 0 Å². The minimum Gasteiger partial charge on any atom is -0.467 e. The molecule has 0 aliphatic carbocycles. The Labute approximate surface area is 151 Å². The lowest BCUT2D eigenvalue weighted by Gasteiger charge is -2.33. The fourth-order valence-electron chi connectivity index (χ4n) is 2.25. The van der Waals surface area contributed by atoms with Crippen molar-refractivity contribution >= 4 is 24.5 Å². The van der Waals surface area contributed by atoms with Crippen molar-refractivity contribution in [3.05, 3.63) is 0 Å². The molecule has 1 amide bonds. The maximum absolute atomic E-state index is 12.2. The van der Waals surface area contributed by atoms with E-state index in [1.165, 1.54) is 7.11 Å². The van der Waals surface area contributed by atoms with E-state index in [4.69, 9.17) is 0 Å². The number of amides is 1. The summed E-state index contributed by atoms with van der Waals surface area (Å²) in [6, 6.07) is -0.380. The van der Waals surface area contributed by atoms with Gasteiger partial charge in [-0.15, -0.1) is 0 Å². The highest BCUT2D eigenvalue weighted by atomic mass is 32.1. The molecule has 0 bridgehead atoms. The second-order valence-corrected chi connectivity index (χ2v) is 6.69. The number of carbonyl (C=O) groups is 2. The number of likely N-dealkylation sites (N-methyl/N-ethyl adjacent to an activating group) is 3. The van der Waals surface area contributed by atoms with E-state index < -0.39 is 12.0 Å². The van der Waals surface area contributed by atoms with Gasteiger partial charge in [0, 0.05) is 30.9 Å². The van der Waals surface area contributed by atoms with Gasteiger partial charge in [-0.1, -0.05) is 0 Å². The number of thiol groups is 1. The fraction of sp³-hybridized carbons (Fsp3) is 0.875. The Morgan fingerprint density at radius 3 is 2.17 bits per heavy atom. The summed E-state index contributed by atoms with van der Waals surface area (Å²) in [4.78, 5) is 27.9. The molecule has 0 radical (unpaired) electrons. The van der Waals surface area contributed by atoms with Gasteiger partial charge in [-0.25, -0.2) is 4.79 Å². The van der Waals surface area contributed by atoms with E-state index in [1.807, 2.05) is 25.9 Å². The van der Waals surface area contributed by atoms with Crippen molar-refractivity contribution in [2.24, 2.45) is 0 Å². The standard InChI is InChI=1S/C16H34N4O3S/c1-11(19(5)9-14(10-24)17-4)8-20(6)13(3)15(21)18-12(2)16(22)23-7/h11-14,17,24H,8-10H2,1-7H3,(H,18,21)/t11-,12-,13-,14+/m0/s1. The largest absolute Gasteiger partial charge is 0.467 e. The molecule has 0 aromatic carbocycles. The Balaban J connectivity index is 4.49. The molecule has 4 atom stereocenters. The van der Waals surface area contributed by atoms with Crippen LogP contribution in [0.1, 0.15) is 20.8 Å². The molecule has 142 valence electrons. The van der Waals surface area contributed by atoms with E-state index in [1.54, 1.807) is 6.92 Å². The van der Waals surface area contributed by atoms with Gasteiger partial charge in [-0.05, 0) is 41.9 Å². The fourth-order valence-corrected chi connectivity index (χ4v) is 2.55. The first-order chi connectivity index (χ1) is 11.2. The van der Waals surface area contributed by atoms with Gasteiger partial charge in [0.15, 0.2) is 0 Å². The number of carbonyl (C=O) groups excluding carboxylic acids is 2. The van der Waals surface area contributed by atoms with E-state index in [0.717, 1.165) is 18.8 Å². The summed E-state index contributed by atoms with van der Waals surface area (Å²) in [5.41, 5.74) is 0. The van der Waals surface area contributed by atoms with Crippen LogP contribution >= 0.6 is 12.6 Å². The van der Waals surface area contributed by atoms with E-state index in [0.29, 0.717) is 6.04 Å². The molecule has 0 spiro atoms. The van der Waals surface area contributed by atoms with Crippen molar-refractivity contribution in [3.8, 4) is 0 Å².